The van der Waals surface area contributed by atoms with Gasteiger partial charge in [0.2, 0.25) is 0 Å². The van der Waals surface area contributed by atoms with Crippen molar-refractivity contribution in [3.8, 4) is 0 Å². The Kier molecular flexibility index (Phi) is 9.09. The van der Waals surface area contributed by atoms with E-state index in [9.17, 15) is 17.6 Å². The van der Waals surface area contributed by atoms with Crippen LogP contribution in [0.25, 0.3) is 0 Å². The summed E-state index contributed by atoms with van der Waals surface area (Å²) in [7, 11) is 0. The van der Waals surface area contributed by atoms with E-state index >= 15 is 0 Å². The molecule has 3 rings (SSSR count). The molecule has 26 heavy (non-hydrogen) atoms. The Morgan fingerprint density at radius 3 is 2.27 bits per heavy atom. The van der Waals surface area contributed by atoms with E-state index in [1.807, 2.05) is 0 Å². The van der Waals surface area contributed by atoms with Gasteiger partial charge in [-0.2, -0.15) is 13.2 Å². The Balaban J connectivity index is 0.00000169. The molecule has 3 nitrogen and oxygen atoms in total. The summed E-state index contributed by atoms with van der Waals surface area (Å²) in [6.45, 7) is 4.09. The largest absolute Gasteiger partial charge is 0.419 e. The minimum atomic E-state index is -4.68. The maximum absolute atomic E-state index is 14.7. The summed E-state index contributed by atoms with van der Waals surface area (Å²) in [4.78, 5) is 2.12. The molecule has 0 saturated carbocycles. The number of hydrogen-bond acceptors (Lipinski definition) is 3. The Bertz CT molecular complexity index is 544. The van der Waals surface area contributed by atoms with Crippen LogP contribution in [0.5, 0.6) is 0 Å². The molecule has 0 bridgehead atoms. The molecule has 0 aromatic heterocycles. The van der Waals surface area contributed by atoms with Crippen molar-refractivity contribution < 1.29 is 22.3 Å². The molecule has 9 heteroatoms. The van der Waals surface area contributed by atoms with Crippen molar-refractivity contribution in [2.24, 2.45) is 5.92 Å². The topological polar surface area (TPSA) is 24.5 Å². The summed E-state index contributed by atoms with van der Waals surface area (Å²) in [6, 6.07) is 3.30. The summed E-state index contributed by atoms with van der Waals surface area (Å²) < 4.78 is 59.4. The molecule has 2 heterocycles. The lowest BCUT2D eigenvalue weighted by Crippen LogP contribution is -2.47. The molecule has 0 radical (unpaired) electrons. The smallest absolute Gasteiger partial charge is 0.381 e. The minimum absolute atomic E-state index is 0. The van der Waals surface area contributed by atoms with Gasteiger partial charge in [0.1, 0.15) is 5.82 Å². The molecule has 0 aliphatic carbocycles. The van der Waals surface area contributed by atoms with Crippen molar-refractivity contribution >= 4 is 24.8 Å². The molecular formula is C17H24Cl2F4N2O. The van der Waals surface area contributed by atoms with Crippen molar-refractivity contribution in [2.75, 3.05) is 39.4 Å². The number of nitrogens with one attached hydrogen (secondary N) is 1. The lowest BCUT2D eigenvalue weighted by Gasteiger charge is -2.41. The molecule has 2 aliphatic rings. The lowest BCUT2D eigenvalue weighted by molar-refractivity contribution is -0.140. The first-order valence-corrected chi connectivity index (χ1v) is 8.36. The predicted molar refractivity (Wildman–Crippen MR) is 96.6 cm³/mol. The highest BCUT2D eigenvalue weighted by Crippen LogP contribution is 2.40. The summed E-state index contributed by atoms with van der Waals surface area (Å²) in [5.41, 5.74) is -1.01. The maximum Gasteiger partial charge on any atom is 0.419 e. The minimum Gasteiger partial charge on any atom is -0.381 e. The molecule has 2 saturated heterocycles. The van der Waals surface area contributed by atoms with E-state index in [0.717, 1.165) is 32.0 Å². The van der Waals surface area contributed by atoms with E-state index in [-0.39, 0.29) is 42.3 Å². The summed E-state index contributed by atoms with van der Waals surface area (Å²) in [5, 5.41) is 3.23. The van der Waals surface area contributed by atoms with Gasteiger partial charge in [-0.05, 0) is 24.8 Å². The quantitative estimate of drug-likeness (QED) is 0.748. The van der Waals surface area contributed by atoms with Crippen molar-refractivity contribution in [3.63, 3.8) is 0 Å². The summed E-state index contributed by atoms with van der Waals surface area (Å²) in [6.07, 6.45) is -3.20. The normalized spacial score (nSPS) is 20.8. The number of nitrogens with zero attached hydrogens (tertiary/aromatic N) is 1. The van der Waals surface area contributed by atoms with Crippen LogP contribution < -0.4 is 5.32 Å². The molecule has 150 valence electrons. The van der Waals surface area contributed by atoms with Gasteiger partial charge in [-0.1, -0.05) is 12.1 Å². The van der Waals surface area contributed by atoms with E-state index in [0.29, 0.717) is 26.3 Å². The number of alkyl halides is 3. The van der Waals surface area contributed by atoms with Crippen molar-refractivity contribution in [1.82, 2.24) is 10.2 Å². The Morgan fingerprint density at radius 2 is 1.69 bits per heavy atom. The van der Waals surface area contributed by atoms with Crippen LogP contribution in [0, 0.1) is 11.7 Å². The molecule has 0 spiro atoms. The zero-order valence-electron chi connectivity index (χ0n) is 14.2. The fourth-order valence-corrected chi connectivity index (χ4v) is 3.74. The first-order valence-electron chi connectivity index (χ1n) is 8.36. The highest BCUT2D eigenvalue weighted by atomic mass is 35.5. The number of benzene rings is 1. The average Bonchev–Trinajstić information content (AvgIpc) is 2.58. The maximum atomic E-state index is 14.7. The third kappa shape index (κ3) is 5.23. The van der Waals surface area contributed by atoms with E-state index in [2.05, 4.69) is 10.2 Å². The number of halogens is 6. The van der Waals surface area contributed by atoms with Crippen LogP contribution >= 0.6 is 24.8 Å². The van der Waals surface area contributed by atoms with E-state index < -0.39 is 17.6 Å². The second-order valence-electron chi connectivity index (χ2n) is 6.39. The fourth-order valence-electron chi connectivity index (χ4n) is 3.74. The predicted octanol–water partition coefficient (Wildman–Crippen LogP) is 4.06. The van der Waals surface area contributed by atoms with E-state index in [1.54, 1.807) is 0 Å². The average molecular weight is 419 g/mol. The van der Waals surface area contributed by atoms with Crippen LogP contribution in [0.2, 0.25) is 0 Å². The van der Waals surface area contributed by atoms with Crippen LogP contribution in [-0.4, -0.2) is 44.3 Å². The third-order valence-corrected chi connectivity index (χ3v) is 4.91. The molecule has 1 atom stereocenters. The first-order chi connectivity index (χ1) is 11.5. The van der Waals surface area contributed by atoms with Crippen LogP contribution in [0.1, 0.15) is 30.0 Å². The molecule has 0 unspecified atom stereocenters. The molecule has 0 amide bonds. The van der Waals surface area contributed by atoms with Gasteiger partial charge in [0.25, 0.3) is 0 Å². The van der Waals surface area contributed by atoms with Crippen LogP contribution in [0.4, 0.5) is 17.6 Å². The number of ether oxygens (including phenoxy) is 1. The van der Waals surface area contributed by atoms with Gasteiger partial charge < -0.3 is 10.1 Å². The van der Waals surface area contributed by atoms with Gasteiger partial charge in [0.15, 0.2) is 0 Å². The third-order valence-electron chi connectivity index (χ3n) is 4.91. The SMILES string of the molecule is Cl.Cl.Fc1c([C@@H](C2CCOCC2)N2CCNCC2)cccc1C(F)(F)F. The van der Waals surface area contributed by atoms with Gasteiger partial charge in [0.05, 0.1) is 5.56 Å². The van der Waals surface area contributed by atoms with Crippen LogP contribution in [0.3, 0.4) is 0 Å². The molecule has 1 aromatic rings. The van der Waals surface area contributed by atoms with Gasteiger partial charge in [-0.15, -0.1) is 24.8 Å². The Labute approximate surface area is 163 Å². The lowest BCUT2D eigenvalue weighted by atomic mass is 9.84. The zero-order chi connectivity index (χ0) is 17.2. The zero-order valence-corrected chi connectivity index (χ0v) is 15.9. The second-order valence-corrected chi connectivity index (χ2v) is 6.39. The van der Waals surface area contributed by atoms with Gasteiger partial charge in [-0.25, -0.2) is 4.39 Å². The first kappa shape index (κ1) is 23.4. The van der Waals surface area contributed by atoms with Crippen molar-refractivity contribution in [1.29, 1.82) is 0 Å². The number of hydrogen-bond donors (Lipinski definition) is 1. The summed E-state index contributed by atoms with van der Waals surface area (Å²) in [5.74, 6) is -1.02. The van der Waals surface area contributed by atoms with Gasteiger partial charge >= 0.3 is 6.18 Å². The van der Waals surface area contributed by atoms with Crippen LogP contribution in [-0.2, 0) is 10.9 Å². The standard InChI is InChI=1S/C17H22F4N2O.2ClH/c18-15-13(2-1-3-14(15)17(19,20)21)16(12-4-10-24-11-5-12)23-8-6-22-7-9-23;;/h1-3,12,16,22H,4-11H2;2*1H/t16-;;/m1../s1. The fraction of sp³-hybridized carbons (Fsp3) is 0.647. The summed E-state index contributed by atoms with van der Waals surface area (Å²) >= 11 is 0. The molecular weight excluding hydrogens is 395 g/mol. The monoisotopic (exact) mass is 418 g/mol. The second kappa shape index (κ2) is 10.1. The molecule has 2 fully saturated rings. The highest BCUT2D eigenvalue weighted by molar-refractivity contribution is 5.85. The van der Waals surface area contributed by atoms with E-state index in [1.165, 1.54) is 12.1 Å². The highest BCUT2D eigenvalue weighted by Gasteiger charge is 2.38. The Morgan fingerprint density at radius 1 is 1.08 bits per heavy atom. The molecule has 2 aliphatic heterocycles. The number of piperazine rings is 1. The molecule has 1 N–H and O–H groups in total. The Hall–Kier alpha value is -0.600. The van der Waals surface area contributed by atoms with Crippen LogP contribution in [0.15, 0.2) is 18.2 Å². The van der Waals surface area contributed by atoms with E-state index in [4.69, 9.17) is 4.74 Å². The van der Waals surface area contributed by atoms with Gasteiger partial charge in [0, 0.05) is 51.0 Å². The van der Waals surface area contributed by atoms with Gasteiger partial charge in [-0.3, -0.25) is 4.90 Å². The van der Waals surface area contributed by atoms with Crippen molar-refractivity contribution in [3.05, 3.63) is 35.1 Å². The number of rotatable bonds is 3. The molecule has 1 aromatic carbocycles. The van der Waals surface area contributed by atoms with Crippen molar-refractivity contribution in [2.45, 2.75) is 25.1 Å².